The van der Waals surface area contributed by atoms with E-state index in [0.29, 0.717) is 12.1 Å². The number of rotatable bonds is 4. The summed E-state index contributed by atoms with van der Waals surface area (Å²) in [4.78, 5) is 0. The Kier molecular flexibility index (Phi) is 5.66. The average molecular weight is 195 g/mol. The van der Waals surface area contributed by atoms with E-state index < -0.39 is 0 Å². The van der Waals surface area contributed by atoms with Gasteiger partial charge in [0.05, 0.1) is 6.10 Å². The quantitative estimate of drug-likeness (QED) is 0.547. The van der Waals surface area contributed by atoms with Gasteiger partial charge < -0.3 is 10.1 Å². The second kappa shape index (κ2) is 6.86. The highest BCUT2D eigenvalue weighted by Gasteiger charge is 2.20. The highest BCUT2D eigenvalue weighted by Crippen LogP contribution is 2.15. The fourth-order valence-corrected chi connectivity index (χ4v) is 1.81. The summed E-state index contributed by atoms with van der Waals surface area (Å²) in [6.07, 6.45) is 4.88. The second-order valence-corrected chi connectivity index (χ2v) is 3.75. The van der Waals surface area contributed by atoms with Gasteiger partial charge in [-0.25, -0.2) is 0 Å². The Labute approximate surface area is 87.4 Å². The molecule has 1 aliphatic rings. The monoisotopic (exact) mass is 195 g/mol. The lowest BCUT2D eigenvalue weighted by Gasteiger charge is -2.29. The normalized spacial score (nSPS) is 26.7. The van der Waals surface area contributed by atoms with E-state index in [0.717, 1.165) is 38.8 Å². The van der Waals surface area contributed by atoms with Crippen LogP contribution in [0.1, 0.15) is 39.5 Å². The van der Waals surface area contributed by atoms with Crippen molar-refractivity contribution in [3.8, 4) is 11.8 Å². The zero-order chi connectivity index (χ0) is 10.2. The van der Waals surface area contributed by atoms with E-state index in [1.807, 2.05) is 6.92 Å². The van der Waals surface area contributed by atoms with Crippen molar-refractivity contribution < 1.29 is 4.74 Å². The summed E-state index contributed by atoms with van der Waals surface area (Å²) in [5, 5.41) is 3.54. The Morgan fingerprint density at radius 1 is 1.50 bits per heavy atom. The molecule has 1 N–H and O–H groups in total. The summed E-state index contributed by atoms with van der Waals surface area (Å²) >= 11 is 0. The first kappa shape index (κ1) is 11.6. The Balaban J connectivity index is 2.13. The fraction of sp³-hybridized carbons (Fsp3) is 0.833. The van der Waals surface area contributed by atoms with Crippen LogP contribution in [0.25, 0.3) is 0 Å². The first-order chi connectivity index (χ1) is 6.86. The van der Waals surface area contributed by atoms with Crippen molar-refractivity contribution in [3.05, 3.63) is 0 Å². The number of nitrogens with one attached hydrogen (secondary N) is 1. The molecule has 0 amide bonds. The van der Waals surface area contributed by atoms with Crippen molar-refractivity contribution in [1.82, 2.24) is 5.32 Å². The maximum atomic E-state index is 5.62. The Bertz CT molecular complexity index is 204. The van der Waals surface area contributed by atoms with Gasteiger partial charge in [0.2, 0.25) is 0 Å². The minimum atomic E-state index is 0.471. The third kappa shape index (κ3) is 4.13. The van der Waals surface area contributed by atoms with Crippen LogP contribution < -0.4 is 5.32 Å². The van der Waals surface area contributed by atoms with Crippen LogP contribution >= 0.6 is 0 Å². The second-order valence-electron chi connectivity index (χ2n) is 3.75. The van der Waals surface area contributed by atoms with Gasteiger partial charge in [0.1, 0.15) is 0 Å². The summed E-state index contributed by atoms with van der Waals surface area (Å²) in [6, 6.07) is 0.646. The van der Waals surface area contributed by atoms with E-state index in [1.54, 1.807) is 0 Å². The van der Waals surface area contributed by atoms with Crippen LogP contribution in [-0.2, 0) is 4.74 Å². The molecule has 0 aromatic rings. The highest BCUT2D eigenvalue weighted by molar-refractivity contribution is 4.95. The zero-order valence-electron chi connectivity index (χ0n) is 9.31. The van der Waals surface area contributed by atoms with Crippen LogP contribution in [0.15, 0.2) is 0 Å². The van der Waals surface area contributed by atoms with Crippen molar-refractivity contribution in [2.75, 3.05) is 13.2 Å². The first-order valence-corrected chi connectivity index (χ1v) is 5.61. The van der Waals surface area contributed by atoms with Gasteiger partial charge in [0, 0.05) is 25.6 Å². The maximum Gasteiger partial charge on any atom is 0.0587 e. The largest absolute Gasteiger partial charge is 0.378 e. The summed E-state index contributed by atoms with van der Waals surface area (Å²) in [6.45, 7) is 6.01. The Morgan fingerprint density at radius 2 is 2.36 bits per heavy atom. The van der Waals surface area contributed by atoms with E-state index in [1.165, 1.54) is 0 Å². The molecule has 1 heterocycles. The molecule has 0 bridgehead atoms. The van der Waals surface area contributed by atoms with Crippen molar-refractivity contribution in [1.29, 1.82) is 0 Å². The first-order valence-electron chi connectivity index (χ1n) is 5.61. The summed E-state index contributed by atoms with van der Waals surface area (Å²) < 4.78 is 5.62. The molecule has 80 valence electrons. The molecule has 2 heteroatoms. The minimum Gasteiger partial charge on any atom is -0.378 e. The van der Waals surface area contributed by atoms with Crippen molar-refractivity contribution in [2.24, 2.45) is 0 Å². The van der Waals surface area contributed by atoms with Crippen molar-refractivity contribution in [3.63, 3.8) is 0 Å². The third-order valence-electron chi connectivity index (χ3n) is 2.68. The molecule has 2 nitrogen and oxygen atoms in total. The van der Waals surface area contributed by atoms with E-state index in [9.17, 15) is 0 Å². The molecule has 1 aliphatic heterocycles. The van der Waals surface area contributed by atoms with Crippen LogP contribution in [0.3, 0.4) is 0 Å². The third-order valence-corrected chi connectivity index (χ3v) is 2.68. The number of ether oxygens (including phenoxy) is 1. The lowest BCUT2D eigenvalue weighted by molar-refractivity contribution is 0.000163. The van der Waals surface area contributed by atoms with Crippen LogP contribution in [0, 0.1) is 11.8 Å². The molecule has 0 aromatic carbocycles. The highest BCUT2D eigenvalue weighted by atomic mass is 16.5. The SMILES string of the molecule is CC#CCCNC1CCOC(CC)C1. The lowest BCUT2D eigenvalue weighted by Crippen LogP contribution is -2.39. The van der Waals surface area contributed by atoms with Crippen molar-refractivity contribution >= 4 is 0 Å². The molecule has 1 rings (SSSR count). The Hall–Kier alpha value is -0.520. The fourth-order valence-electron chi connectivity index (χ4n) is 1.81. The molecule has 2 atom stereocenters. The summed E-state index contributed by atoms with van der Waals surface area (Å²) in [5.41, 5.74) is 0. The zero-order valence-corrected chi connectivity index (χ0v) is 9.31. The Morgan fingerprint density at radius 3 is 3.07 bits per heavy atom. The topological polar surface area (TPSA) is 21.3 Å². The van der Waals surface area contributed by atoms with Crippen LogP contribution in [0.2, 0.25) is 0 Å². The van der Waals surface area contributed by atoms with Gasteiger partial charge >= 0.3 is 0 Å². The molecule has 0 aliphatic carbocycles. The van der Waals surface area contributed by atoms with Crippen LogP contribution in [0.4, 0.5) is 0 Å². The standard InChI is InChI=1S/C12H21NO/c1-3-5-6-8-13-11-7-9-14-12(4-2)10-11/h11-13H,4,6-10H2,1-2H3. The average Bonchev–Trinajstić information content (AvgIpc) is 2.25. The van der Waals surface area contributed by atoms with E-state index >= 15 is 0 Å². The van der Waals surface area contributed by atoms with Gasteiger partial charge in [-0.3, -0.25) is 0 Å². The van der Waals surface area contributed by atoms with E-state index in [-0.39, 0.29) is 0 Å². The van der Waals surface area contributed by atoms with Crippen LogP contribution in [0.5, 0.6) is 0 Å². The van der Waals surface area contributed by atoms with Gasteiger partial charge in [-0.2, -0.15) is 0 Å². The molecule has 0 aromatic heterocycles. The van der Waals surface area contributed by atoms with Gasteiger partial charge in [0.15, 0.2) is 0 Å². The van der Waals surface area contributed by atoms with E-state index in [4.69, 9.17) is 4.74 Å². The molecule has 0 spiro atoms. The molecule has 1 fully saturated rings. The predicted octanol–water partition coefficient (Wildman–Crippen LogP) is 1.95. The predicted molar refractivity (Wildman–Crippen MR) is 59.1 cm³/mol. The summed E-state index contributed by atoms with van der Waals surface area (Å²) in [7, 11) is 0. The minimum absolute atomic E-state index is 0.471. The summed E-state index contributed by atoms with van der Waals surface area (Å²) in [5.74, 6) is 5.98. The molecule has 0 radical (unpaired) electrons. The van der Waals surface area contributed by atoms with Crippen LogP contribution in [-0.4, -0.2) is 25.3 Å². The van der Waals surface area contributed by atoms with E-state index in [2.05, 4.69) is 24.1 Å². The van der Waals surface area contributed by atoms with Crippen molar-refractivity contribution in [2.45, 2.75) is 51.7 Å². The number of hydrogen-bond donors (Lipinski definition) is 1. The molecule has 2 unspecified atom stereocenters. The number of hydrogen-bond acceptors (Lipinski definition) is 2. The maximum absolute atomic E-state index is 5.62. The smallest absolute Gasteiger partial charge is 0.0587 e. The van der Waals surface area contributed by atoms with Gasteiger partial charge in [-0.1, -0.05) is 6.92 Å². The molecule has 1 saturated heterocycles. The lowest BCUT2D eigenvalue weighted by atomic mass is 10.0. The van der Waals surface area contributed by atoms with Gasteiger partial charge in [-0.15, -0.1) is 11.8 Å². The molecular formula is C12H21NO. The van der Waals surface area contributed by atoms with Gasteiger partial charge in [-0.05, 0) is 26.2 Å². The molecule has 0 saturated carbocycles. The molecule has 14 heavy (non-hydrogen) atoms. The molecular weight excluding hydrogens is 174 g/mol. The van der Waals surface area contributed by atoms with Gasteiger partial charge in [0.25, 0.3) is 0 Å².